The lowest BCUT2D eigenvalue weighted by molar-refractivity contribution is -0.119. The topological polar surface area (TPSA) is 81.7 Å². The van der Waals surface area contributed by atoms with Crippen LogP contribution in [0.3, 0.4) is 0 Å². The fourth-order valence-corrected chi connectivity index (χ4v) is 3.58. The summed E-state index contributed by atoms with van der Waals surface area (Å²) in [6, 6.07) is 17.4. The molecule has 1 aliphatic heterocycles. The highest BCUT2D eigenvalue weighted by atomic mass is 35.5. The molecule has 0 spiro atoms. The third-order valence-electron chi connectivity index (χ3n) is 4.93. The van der Waals surface area contributed by atoms with Gasteiger partial charge in [0.1, 0.15) is 11.9 Å². The average molecular weight is 454 g/mol. The van der Waals surface area contributed by atoms with E-state index in [4.69, 9.17) is 21.1 Å². The van der Waals surface area contributed by atoms with Crippen molar-refractivity contribution in [3.05, 3.63) is 99.8 Å². The Morgan fingerprint density at radius 3 is 2.62 bits per heavy atom. The van der Waals surface area contributed by atoms with Crippen LogP contribution in [0.2, 0.25) is 5.02 Å². The number of carbonyl (C=O) groups excluding carboxylic acids is 3. The highest BCUT2D eigenvalue weighted by Crippen LogP contribution is 2.31. The monoisotopic (exact) mass is 453 g/mol. The van der Waals surface area contributed by atoms with Crippen molar-refractivity contribution in [1.82, 2.24) is 0 Å². The Hall–Kier alpha value is -3.71. The van der Waals surface area contributed by atoms with Crippen molar-refractivity contribution >= 4 is 35.1 Å². The maximum Gasteiger partial charge on any atom is 0.339 e. The van der Waals surface area contributed by atoms with Gasteiger partial charge in [-0.2, -0.15) is 0 Å². The molecule has 1 amide bonds. The molecule has 1 N–H and O–H groups in total. The number of rotatable bonds is 5. The van der Waals surface area contributed by atoms with Crippen molar-refractivity contribution < 1.29 is 28.2 Å². The molecule has 0 radical (unpaired) electrons. The molecule has 1 unspecified atom stereocenters. The van der Waals surface area contributed by atoms with Gasteiger partial charge in [-0.15, -0.1) is 0 Å². The number of carbonyl (C=O) groups is 3. The van der Waals surface area contributed by atoms with Crippen LogP contribution in [0.1, 0.15) is 37.9 Å². The van der Waals surface area contributed by atoms with Crippen molar-refractivity contribution in [2.45, 2.75) is 12.5 Å². The first-order valence-electron chi connectivity index (χ1n) is 9.71. The fourth-order valence-electron chi connectivity index (χ4n) is 3.37. The van der Waals surface area contributed by atoms with Crippen LogP contribution in [0.5, 0.6) is 0 Å². The summed E-state index contributed by atoms with van der Waals surface area (Å²) in [5.41, 5.74) is 2.31. The van der Waals surface area contributed by atoms with Gasteiger partial charge < -0.3 is 14.8 Å². The summed E-state index contributed by atoms with van der Waals surface area (Å²) >= 11 is 5.87. The second kappa shape index (κ2) is 9.20. The molecule has 8 heteroatoms. The van der Waals surface area contributed by atoms with E-state index >= 15 is 0 Å². The molecule has 4 rings (SSSR count). The number of fused-ring (bicyclic) bond motifs is 1. The maximum atomic E-state index is 13.1. The van der Waals surface area contributed by atoms with Crippen LogP contribution in [-0.4, -0.2) is 24.5 Å². The zero-order valence-electron chi connectivity index (χ0n) is 16.6. The van der Waals surface area contributed by atoms with Crippen molar-refractivity contribution in [3.8, 4) is 0 Å². The van der Waals surface area contributed by atoms with E-state index in [-0.39, 0.29) is 16.3 Å². The van der Waals surface area contributed by atoms with Crippen LogP contribution < -0.4 is 5.32 Å². The summed E-state index contributed by atoms with van der Waals surface area (Å²) in [5.74, 6) is -2.35. The SMILES string of the molecule is O=C(COC(=O)c1ccc2c(c1)CC(c1ccccc1)OC2=O)Nc1ccc(F)cc1Cl. The molecule has 0 fully saturated rings. The summed E-state index contributed by atoms with van der Waals surface area (Å²) in [5, 5.41) is 2.48. The lowest BCUT2D eigenvalue weighted by atomic mass is 9.93. The number of halogens is 2. The largest absolute Gasteiger partial charge is 0.454 e. The molecule has 1 atom stereocenters. The van der Waals surface area contributed by atoms with Gasteiger partial charge in [0.15, 0.2) is 6.61 Å². The zero-order chi connectivity index (χ0) is 22.7. The molecule has 3 aromatic rings. The quantitative estimate of drug-likeness (QED) is 0.565. The number of hydrogen-bond acceptors (Lipinski definition) is 5. The van der Waals surface area contributed by atoms with Gasteiger partial charge in [0, 0.05) is 6.42 Å². The molecular weight excluding hydrogens is 437 g/mol. The standard InChI is InChI=1S/C24H17ClFNO5/c25-19-12-17(26)7-9-20(19)27-22(28)13-31-23(29)15-6-8-18-16(10-15)11-21(32-24(18)30)14-4-2-1-3-5-14/h1-10,12,21H,11,13H2,(H,27,28). The summed E-state index contributed by atoms with van der Waals surface area (Å²) in [4.78, 5) is 36.9. The molecule has 1 heterocycles. The van der Waals surface area contributed by atoms with E-state index in [9.17, 15) is 18.8 Å². The summed E-state index contributed by atoms with van der Waals surface area (Å²) in [7, 11) is 0. The van der Waals surface area contributed by atoms with Crippen LogP contribution in [0, 0.1) is 5.82 Å². The van der Waals surface area contributed by atoms with Crippen molar-refractivity contribution in [3.63, 3.8) is 0 Å². The van der Waals surface area contributed by atoms with Crippen LogP contribution in [0.4, 0.5) is 10.1 Å². The molecular formula is C24H17ClFNO5. The predicted molar refractivity (Wildman–Crippen MR) is 115 cm³/mol. The highest BCUT2D eigenvalue weighted by molar-refractivity contribution is 6.33. The van der Waals surface area contributed by atoms with Crippen LogP contribution >= 0.6 is 11.6 Å². The van der Waals surface area contributed by atoms with E-state index < -0.39 is 36.4 Å². The molecule has 0 saturated carbocycles. The molecule has 3 aromatic carbocycles. The third-order valence-corrected chi connectivity index (χ3v) is 5.24. The number of nitrogens with one attached hydrogen (secondary N) is 1. The number of cyclic esters (lactones) is 1. The Kier molecular flexibility index (Phi) is 6.18. The molecule has 0 saturated heterocycles. The van der Waals surface area contributed by atoms with E-state index in [1.54, 1.807) is 6.07 Å². The van der Waals surface area contributed by atoms with E-state index in [0.29, 0.717) is 17.5 Å². The lowest BCUT2D eigenvalue weighted by Gasteiger charge is -2.25. The number of esters is 2. The first-order valence-corrected chi connectivity index (χ1v) is 10.1. The zero-order valence-corrected chi connectivity index (χ0v) is 17.4. The number of hydrogen-bond donors (Lipinski definition) is 1. The molecule has 162 valence electrons. The first-order chi connectivity index (χ1) is 15.4. The number of amides is 1. The van der Waals surface area contributed by atoms with Gasteiger partial charge >= 0.3 is 11.9 Å². The van der Waals surface area contributed by atoms with E-state index in [2.05, 4.69) is 5.32 Å². The summed E-state index contributed by atoms with van der Waals surface area (Å²) in [6.45, 7) is -0.557. The van der Waals surface area contributed by atoms with Gasteiger partial charge in [-0.05, 0) is 47.5 Å². The van der Waals surface area contributed by atoms with Crippen molar-refractivity contribution in [2.75, 3.05) is 11.9 Å². The Morgan fingerprint density at radius 2 is 1.88 bits per heavy atom. The van der Waals surface area contributed by atoms with E-state index in [1.165, 1.54) is 18.2 Å². The molecule has 32 heavy (non-hydrogen) atoms. The predicted octanol–water partition coefficient (Wildman–Crippen LogP) is 4.73. The van der Waals surface area contributed by atoms with Gasteiger partial charge in [0.05, 0.1) is 21.8 Å². The van der Waals surface area contributed by atoms with Crippen LogP contribution in [0.15, 0.2) is 66.7 Å². The summed E-state index contributed by atoms with van der Waals surface area (Å²) < 4.78 is 23.7. The molecule has 0 bridgehead atoms. The number of ether oxygens (including phenoxy) is 2. The number of anilines is 1. The normalized spacial score (nSPS) is 14.8. The minimum Gasteiger partial charge on any atom is -0.454 e. The molecule has 1 aliphatic rings. The molecule has 0 aromatic heterocycles. The second-order valence-corrected chi connectivity index (χ2v) is 7.54. The van der Waals surface area contributed by atoms with Crippen molar-refractivity contribution in [2.24, 2.45) is 0 Å². The maximum absolute atomic E-state index is 13.1. The number of benzene rings is 3. The minimum absolute atomic E-state index is 0.0271. The lowest BCUT2D eigenvalue weighted by Crippen LogP contribution is -2.23. The van der Waals surface area contributed by atoms with Crippen LogP contribution in [0.25, 0.3) is 0 Å². The van der Waals surface area contributed by atoms with Gasteiger partial charge in [-0.3, -0.25) is 4.79 Å². The van der Waals surface area contributed by atoms with E-state index in [0.717, 1.165) is 17.7 Å². The minimum atomic E-state index is -0.719. The highest BCUT2D eigenvalue weighted by Gasteiger charge is 2.28. The summed E-state index contributed by atoms with van der Waals surface area (Å²) in [6.07, 6.45) is -0.0378. The van der Waals surface area contributed by atoms with Gasteiger partial charge in [0.2, 0.25) is 0 Å². The smallest absolute Gasteiger partial charge is 0.339 e. The van der Waals surface area contributed by atoms with E-state index in [1.807, 2.05) is 30.3 Å². The fraction of sp³-hybridized carbons (Fsp3) is 0.125. The average Bonchev–Trinajstić information content (AvgIpc) is 2.79. The van der Waals surface area contributed by atoms with Crippen molar-refractivity contribution in [1.29, 1.82) is 0 Å². The Balaban J connectivity index is 1.41. The Morgan fingerprint density at radius 1 is 1.09 bits per heavy atom. The van der Waals surface area contributed by atoms with Gasteiger partial charge in [-0.1, -0.05) is 41.9 Å². The molecule has 6 nitrogen and oxygen atoms in total. The Bertz CT molecular complexity index is 1200. The van der Waals surface area contributed by atoms with Gasteiger partial charge in [0.25, 0.3) is 5.91 Å². The first kappa shape index (κ1) is 21.5. The van der Waals surface area contributed by atoms with Crippen LogP contribution in [-0.2, 0) is 20.7 Å². The second-order valence-electron chi connectivity index (χ2n) is 7.13. The van der Waals surface area contributed by atoms with Gasteiger partial charge in [-0.25, -0.2) is 14.0 Å². The Labute approximate surface area is 187 Å². The molecule has 0 aliphatic carbocycles. The third kappa shape index (κ3) is 4.78.